The molecule has 0 spiro atoms. The first-order valence-corrected chi connectivity index (χ1v) is 5.63. The van der Waals surface area contributed by atoms with E-state index in [1.54, 1.807) is 0 Å². The average Bonchev–Trinajstić information content (AvgIpc) is 2.04. The topological polar surface area (TPSA) is 9.23 Å². The first-order valence-electron chi connectivity index (χ1n) is 5.09. The second-order valence-corrected chi connectivity index (χ2v) is 4.34. The monoisotopic (exact) mass is 188 g/mol. The van der Waals surface area contributed by atoms with Gasteiger partial charge in [-0.25, -0.2) is 0 Å². The van der Waals surface area contributed by atoms with Crippen molar-refractivity contribution in [1.29, 1.82) is 0 Å². The Morgan fingerprint density at radius 1 is 1.00 bits per heavy atom. The maximum absolute atomic E-state index is 5.62. The molecule has 2 fully saturated rings. The van der Waals surface area contributed by atoms with Gasteiger partial charge in [-0.05, 0) is 37.5 Å². The fourth-order valence-corrected chi connectivity index (χ4v) is 3.11. The van der Waals surface area contributed by atoms with E-state index in [-0.39, 0.29) is 0 Å². The van der Waals surface area contributed by atoms with Gasteiger partial charge in [-0.15, -0.1) is 0 Å². The quantitative estimate of drug-likeness (QED) is 0.605. The number of hydrogen-bond donors (Lipinski definition) is 0. The van der Waals surface area contributed by atoms with E-state index in [1.165, 1.54) is 38.5 Å². The van der Waals surface area contributed by atoms with Crippen LogP contribution in [0.2, 0.25) is 0 Å². The molecule has 0 atom stereocenters. The second kappa shape index (κ2) is 3.97. The molecule has 12 heavy (non-hydrogen) atoms. The minimum atomic E-state index is 0.387. The van der Waals surface area contributed by atoms with Crippen LogP contribution in [-0.2, 0) is 4.74 Å². The van der Waals surface area contributed by atoms with Gasteiger partial charge in [-0.3, -0.25) is 0 Å². The van der Waals surface area contributed by atoms with Crippen molar-refractivity contribution in [3.63, 3.8) is 0 Å². The van der Waals surface area contributed by atoms with Crippen LogP contribution in [0, 0.1) is 11.8 Å². The molecule has 0 aliphatic heterocycles. The van der Waals surface area contributed by atoms with E-state index in [2.05, 4.69) is 0 Å². The molecule has 0 N–H and O–H groups in total. The fourth-order valence-electron chi connectivity index (χ4n) is 2.96. The zero-order valence-corrected chi connectivity index (χ0v) is 8.22. The molecule has 0 radical (unpaired) electrons. The van der Waals surface area contributed by atoms with Crippen LogP contribution in [0.1, 0.15) is 38.5 Å². The minimum absolute atomic E-state index is 0.387. The molecule has 2 heteroatoms. The Morgan fingerprint density at radius 3 is 1.92 bits per heavy atom. The number of alkyl halides is 1. The standard InChI is InChI=1S/C10H17ClO/c11-7-12-10-8-3-1-4-9(10)6-2-5-8/h8-10H,1-7H2. The highest BCUT2D eigenvalue weighted by Gasteiger charge is 2.36. The van der Waals surface area contributed by atoms with E-state index in [0.717, 1.165) is 11.8 Å². The summed E-state index contributed by atoms with van der Waals surface area (Å²) in [7, 11) is 0. The van der Waals surface area contributed by atoms with Gasteiger partial charge in [0.05, 0.1) is 6.10 Å². The molecule has 2 bridgehead atoms. The van der Waals surface area contributed by atoms with Gasteiger partial charge in [0, 0.05) is 0 Å². The van der Waals surface area contributed by atoms with Crippen molar-refractivity contribution < 1.29 is 4.74 Å². The molecule has 2 rings (SSSR count). The number of ether oxygens (including phenoxy) is 1. The maximum atomic E-state index is 5.62. The zero-order valence-electron chi connectivity index (χ0n) is 7.47. The fraction of sp³-hybridized carbons (Fsp3) is 1.00. The normalized spacial score (nSPS) is 41.2. The lowest BCUT2D eigenvalue weighted by Gasteiger charge is -2.41. The van der Waals surface area contributed by atoms with Crippen LogP contribution in [0.5, 0.6) is 0 Å². The maximum Gasteiger partial charge on any atom is 0.121 e. The molecule has 0 aromatic carbocycles. The third-order valence-electron chi connectivity index (χ3n) is 3.48. The van der Waals surface area contributed by atoms with Crippen LogP contribution in [0.15, 0.2) is 0 Å². The molecule has 0 aromatic rings. The van der Waals surface area contributed by atoms with Crippen molar-refractivity contribution in [3.8, 4) is 0 Å². The molecule has 0 heterocycles. The first kappa shape index (κ1) is 8.83. The summed E-state index contributed by atoms with van der Waals surface area (Å²) >= 11 is 5.62. The van der Waals surface area contributed by atoms with E-state index in [0.29, 0.717) is 12.2 Å². The third-order valence-corrected chi connectivity index (χ3v) is 3.61. The van der Waals surface area contributed by atoms with Gasteiger partial charge in [-0.1, -0.05) is 24.4 Å². The van der Waals surface area contributed by atoms with Crippen LogP contribution in [0.4, 0.5) is 0 Å². The summed E-state index contributed by atoms with van der Waals surface area (Å²) in [6.45, 7) is 0. The summed E-state index contributed by atoms with van der Waals surface area (Å²) < 4.78 is 5.62. The molecule has 0 amide bonds. The predicted molar refractivity (Wildman–Crippen MR) is 50.3 cm³/mol. The summed E-state index contributed by atoms with van der Waals surface area (Å²) in [6.07, 6.45) is 8.83. The van der Waals surface area contributed by atoms with Gasteiger partial charge in [-0.2, -0.15) is 0 Å². The number of rotatable bonds is 2. The van der Waals surface area contributed by atoms with Gasteiger partial charge in [0.2, 0.25) is 0 Å². The molecular weight excluding hydrogens is 172 g/mol. The average molecular weight is 189 g/mol. The number of hydrogen-bond acceptors (Lipinski definition) is 1. The molecule has 1 nitrogen and oxygen atoms in total. The van der Waals surface area contributed by atoms with E-state index < -0.39 is 0 Å². The molecule has 2 aliphatic rings. The van der Waals surface area contributed by atoms with Gasteiger partial charge in [0.1, 0.15) is 6.07 Å². The van der Waals surface area contributed by atoms with Crippen molar-refractivity contribution in [2.45, 2.75) is 44.6 Å². The Labute approximate surface area is 79.4 Å². The molecule has 0 aromatic heterocycles. The van der Waals surface area contributed by atoms with Crippen LogP contribution in [0.25, 0.3) is 0 Å². The van der Waals surface area contributed by atoms with Gasteiger partial charge in [0.25, 0.3) is 0 Å². The van der Waals surface area contributed by atoms with Crippen LogP contribution < -0.4 is 0 Å². The Bertz CT molecular complexity index is 127. The Morgan fingerprint density at radius 2 is 1.50 bits per heavy atom. The van der Waals surface area contributed by atoms with Crippen LogP contribution >= 0.6 is 11.6 Å². The summed E-state index contributed by atoms with van der Waals surface area (Å²) in [4.78, 5) is 0. The predicted octanol–water partition coefficient (Wildman–Crippen LogP) is 3.17. The van der Waals surface area contributed by atoms with Crippen LogP contribution in [0.3, 0.4) is 0 Å². The Hall–Kier alpha value is 0.250. The van der Waals surface area contributed by atoms with Gasteiger partial charge < -0.3 is 4.74 Å². The van der Waals surface area contributed by atoms with Crippen molar-refractivity contribution in [2.75, 3.05) is 6.07 Å². The molecular formula is C10H17ClO. The molecule has 2 aliphatic carbocycles. The van der Waals surface area contributed by atoms with E-state index >= 15 is 0 Å². The Kier molecular flexibility index (Phi) is 2.92. The van der Waals surface area contributed by atoms with Crippen molar-refractivity contribution >= 4 is 11.6 Å². The smallest absolute Gasteiger partial charge is 0.121 e. The van der Waals surface area contributed by atoms with E-state index in [1.807, 2.05) is 0 Å². The van der Waals surface area contributed by atoms with E-state index in [4.69, 9.17) is 16.3 Å². The molecule has 2 saturated carbocycles. The van der Waals surface area contributed by atoms with Crippen molar-refractivity contribution in [2.24, 2.45) is 11.8 Å². The minimum Gasteiger partial charge on any atom is -0.362 e. The summed E-state index contributed by atoms with van der Waals surface area (Å²) in [5.41, 5.74) is 0. The SMILES string of the molecule is ClCOC1C2CCCC1CCC2. The van der Waals surface area contributed by atoms with Gasteiger partial charge >= 0.3 is 0 Å². The lowest BCUT2D eigenvalue weighted by molar-refractivity contribution is -0.0532. The lowest BCUT2D eigenvalue weighted by Crippen LogP contribution is -2.38. The van der Waals surface area contributed by atoms with Gasteiger partial charge in [0.15, 0.2) is 0 Å². The second-order valence-electron chi connectivity index (χ2n) is 4.12. The lowest BCUT2D eigenvalue weighted by atomic mass is 9.70. The van der Waals surface area contributed by atoms with E-state index in [9.17, 15) is 0 Å². The summed E-state index contributed by atoms with van der Waals surface area (Å²) in [5.74, 6) is 1.66. The highest BCUT2D eigenvalue weighted by molar-refractivity contribution is 6.17. The van der Waals surface area contributed by atoms with Crippen LogP contribution in [-0.4, -0.2) is 12.2 Å². The Balaban J connectivity index is 1.98. The van der Waals surface area contributed by atoms with Crippen molar-refractivity contribution in [3.05, 3.63) is 0 Å². The highest BCUT2D eigenvalue weighted by Crippen LogP contribution is 2.41. The summed E-state index contributed by atoms with van der Waals surface area (Å²) in [5, 5.41) is 0. The number of fused-ring (bicyclic) bond motifs is 2. The zero-order chi connectivity index (χ0) is 8.39. The highest BCUT2D eigenvalue weighted by atomic mass is 35.5. The van der Waals surface area contributed by atoms with Crippen molar-refractivity contribution in [1.82, 2.24) is 0 Å². The molecule has 70 valence electrons. The third kappa shape index (κ3) is 1.62. The first-order chi connectivity index (χ1) is 5.92. The number of halogens is 1. The molecule has 0 unspecified atom stereocenters. The summed E-state index contributed by atoms with van der Waals surface area (Å²) in [6, 6.07) is 0.387. The largest absolute Gasteiger partial charge is 0.362 e. The molecule has 0 saturated heterocycles.